The number of hydrogen-bond donors (Lipinski definition) is 1. The van der Waals surface area contributed by atoms with Crippen molar-refractivity contribution < 1.29 is 4.74 Å². The summed E-state index contributed by atoms with van der Waals surface area (Å²) in [6, 6.07) is 0.162. The van der Waals surface area contributed by atoms with Gasteiger partial charge in [0.05, 0.1) is 17.3 Å². The predicted octanol–water partition coefficient (Wildman–Crippen LogP) is 2.87. The van der Waals surface area contributed by atoms with Crippen molar-refractivity contribution in [2.45, 2.75) is 45.6 Å². The highest BCUT2D eigenvalue weighted by Gasteiger charge is 2.33. The Kier molecular flexibility index (Phi) is 3.57. The maximum Gasteiger partial charge on any atom is 0.0982 e. The second-order valence-electron chi connectivity index (χ2n) is 5.87. The van der Waals surface area contributed by atoms with Crippen LogP contribution in [0.15, 0.2) is 0 Å². The maximum absolute atomic E-state index is 6.25. The average molecular weight is 254 g/mol. The van der Waals surface area contributed by atoms with Crippen LogP contribution in [-0.4, -0.2) is 18.7 Å². The second-order valence-corrected chi connectivity index (χ2v) is 6.93. The SMILES string of the molecule is COCC(C)c1nc2c(s1)C(N)CC(C)(C)C2. The first-order valence-corrected chi connectivity index (χ1v) is 6.98. The fourth-order valence-electron chi connectivity index (χ4n) is 2.54. The largest absolute Gasteiger partial charge is 0.384 e. The zero-order valence-electron chi connectivity index (χ0n) is 11.1. The van der Waals surface area contributed by atoms with Crippen molar-refractivity contribution in [1.29, 1.82) is 0 Å². The maximum atomic E-state index is 6.25. The number of hydrogen-bond acceptors (Lipinski definition) is 4. The molecule has 2 N–H and O–H groups in total. The first-order chi connectivity index (χ1) is 7.93. The fraction of sp³-hybridized carbons (Fsp3) is 0.769. The van der Waals surface area contributed by atoms with Gasteiger partial charge < -0.3 is 10.5 Å². The first-order valence-electron chi connectivity index (χ1n) is 6.17. The van der Waals surface area contributed by atoms with E-state index in [-0.39, 0.29) is 11.5 Å². The van der Waals surface area contributed by atoms with E-state index in [4.69, 9.17) is 15.5 Å². The minimum Gasteiger partial charge on any atom is -0.384 e. The van der Waals surface area contributed by atoms with Crippen LogP contribution in [0, 0.1) is 5.41 Å². The Morgan fingerprint density at radius 3 is 2.94 bits per heavy atom. The number of rotatable bonds is 3. The van der Waals surface area contributed by atoms with Crippen LogP contribution in [0.1, 0.15) is 54.7 Å². The van der Waals surface area contributed by atoms with E-state index in [1.807, 2.05) is 0 Å². The van der Waals surface area contributed by atoms with E-state index in [9.17, 15) is 0 Å². The van der Waals surface area contributed by atoms with Crippen LogP contribution in [0.2, 0.25) is 0 Å². The van der Waals surface area contributed by atoms with Gasteiger partial charge in [-0.1, -0.05) is 20.8 Å². The van der Waals surface area contributed by atoms with Gasteiger partial charge in [-0.3, -0.25) is 0 Å². The summed E-state index contributed by atoms with van der Waals surface area (Å²) < 4.78 is 5.19. The van der Waals surface area contributed by atoms with Gasteiger partial charge in [-0.15, -0.1) is 11.3 Å². The van der Waals surface area contributed by atoms with E-state index in [0.717, 1.165) is 19.4 Å². The van der Waals surface area contributed by atoms with Crippen LogP contribution in [-0.2, 0) is 11.2 Å². The molecule has 17 heavy (non-hydrogen) atoms. The third kappa shape index (κ3) is 2.69. The Balaban J connectivity index is 2.26. The number of nitrogens with zero attached hydrogens (tertiary/aromatic N) is 1. The fourth-order valence-corrected chi connectivity index (χ4v) is 3.67. The number of methoxy groups -OCH3 is 1. The van der Waals surface area contributed by atoms with Crippen LogP contribution >= 0.6 is 11.3 Å². The smallest absolute Gasteiger partial charge is 0.0982 e. The Bertz CT molecular complexity index is 400. The monoisotopic (exact) mass is 254 g/mol. The van der Waals surface area contributed by atoms with E-state index in [1.54, 1.807) is 18.4 Å². The molecule has 0 saturated heterocycles. The van der Waals surface area contributed by atoms with Gasteiger partial charge in [0, 0.05) is 23.9 Å². The van der Waals surface area contributed by atoms with Crippen LogP contribution in [0.3, 0.4) is 0 Å². The molecule has 0 saturated carbocycles. The molecular weight excluding hydrogens is 232 g/mol. The van der Waals surface area contributed by atoms with Crippen molar-refractivity contribution >= 4 is 11.3 Å². The molecule has 1 aliphatic rings. The standard InChI is InChI=1S/C13H22N2OS/c1-8(7-16-4)12-15-10-6-13(2,3)5-9(14)11(10)17-12/h8-9H,5-7,14H2,1-4H3. The predicted molar refractivity (Wildman–Crippen MR) is 71.4 cm³/mol. The summed E-state index contributed by atoms with van der Waals surface area (Å²) in [4.78, 5) is 6.07. The molecule has 1 aromatic rings. The van der Waals surface area contributed by atoms with E-state index < -0.39 is 0 Å². The molecule has 1 aliphatic carbocycles. The summed E-state index contributed by atoms with van der Waals surface area (Å²) in [5.74, 6) is 0.367. The van der Waals surface area contributed by atoms with Crippen LogP contribution in [0.4, 0.5) is 0 Å². The van der Waals surface area contributed by atoms with Gasteiger partial charge in [-0.25, -0.2) is 4.98 Å². The van der Waals surface area contributed by atoms with Crippen molar-refractivity contribution in [2.75, 3.05) is 13.7 Å². The second kappa shape index (κ2) is 4.67. The lowest BCUT2D eigenvalue weighted by Gasteiger charge is -2.32. The Morgan fingerprint density at radius 2 is 2.29 bits per heavy atom. The van der Waals surface area contributed by atoms with E-state index >= 15 is 0 Å². The lowest BCUT2D eigenvalue weighted by Crippen LogP contribution is -2.28. The lowest BCUT2D eigenvalue weighted by atomic mass is 9.77. The van der Waals surface area contributed by atoms with Gasteiger partial charge >= 0.3 is 0 Å². The molecule has 1 heterocycles. The van der Waals surface area contributed by atoms with E-state index in [1.165, 1.54) is 15.6 Å². The summed E-state index contributed by atoms with van der Waals surface area (Å²) in [5, 5.41) is 1.17. The third-order valence-corrected chi connectivity index (χ3v) is 4.80. The molecule has 96 valence electrons. The summed E-state index contributed by atoms with van der Waals surface area (Å²) in [6.07, 6.45) is 2.10. The summed E-state index contributed by atoms with van der Waals surface area (Å²) in [5.41, 5.74) is 7.75. The van der Waals surface area contributed by atoms with E-state index in [2.05, 4.69) is 20.8 Å². The van der Waals surface area contributed by atoms with Crippen molar-refractivity contribution in [1.82, 2.24) is 4.98 Å². The van der Waals surface area contributed by atoms with Crippen molar-refractivity contribution in [2.24, 2.45) is 11.1 Å². The number of ether oxygens (including phenoxy) is 1. The topological polar surface area (TPSA) is 48.1 Å². The molecule has 3 nitrogen and oxygen atoms in total. The van der Waals surface area contributed by atoms with Crippen molar-refractivity contribution in [3.8, 4) is 0 Å². The Labute approximate surface area is 107 Å². The molecule has 0 aromatic carbocycles. The summed E-state index contributed by atoms with van der Waals surface area (Å²) in [7, 11) is 1.73. The molecule has 2 atom stereocenters. The molecule has 0 bridgehead atoms. The molecule has 4 heteroatoms. The first kappa shape index (κ1) is 13.0. The molecule has 1 aromatic heterocycles. The number of fused-ring (bicyclic) bond motifs is 1. The number of nitrogens with two attached hydrogens (primary N) is 1. The zero-order chi connectivity index (χ0) is 12.6. The Hall–Kier alpha value is -0.450. The highest BCUT2D eigenvalue weighted by atomic mass is 32.1. The minimum atomic E-state index is 0.162. The molecule has 0 fully saturated rings. The van der Waals surface area contributed by atoms with Crippen LogP contribution < -0.4 is 5.73 Å². The van der Waals surface area contributed by atoms with Gasteiger partial charge in [-0.05, 0) is 18.3 Å². The van der Waals surface area contributed by atoms with Gasteiger partial charge in [0.15, 0.2) is 0 Å². The third-order valence-electron chi connectivity index (χ3n) is 3.34. The molecule has 0 spiro atoms. The quantitative estimate of drug-likeness (QED) is 0.902. The average Bonchev–Trinajstić information content (AvgIpc) is 2.60. The van der Waals surface area contributed by atoms with Crippen LogP contribution in [0.25, 0.3) is 0 Å². The molecule has 0 radical (unpaired) electrons. The van der Waals surface area contributed by atoms with Gasteiger partial charge in [0.1, 0.15) is 0 Å². The van der Waals surface area contributed by atoms with Crippen molar-refractivity contribution in [3.63, 3.8) is 0 Å². The normalized spacial score (nSPS) is 24.4. The zero-order valence-corrected chi connectivity index (χ0v) is 11.9. The Morgan fingerprint density at radius 1 is 1.59 bits per heavy atom. The van der Waals surface area contributed by atoms with Gasteiger partial charge in [-0.2, -0.15) is 0 Å². The molecule has 2 rings (SSSR count). The molecule has 2 unspecified atom stereocenters. The van der Waals surface area contributed by atoms with E-state index in [0.29, 0.717) is 5.92 Å². The van der Waals surface area contributed by atoms with Gasteiger partial charge in [0.25, 0.3) is 0 Å². The highest BCUT2D eigenvalue weighted by molar-refractivity contribution is 7.12. The van der Waals surface area contributed by atoms with Crippen molar-refractivity contribution in [3.05, 3.63) is 15.6 Å². The minimum absolute atomic E-state index is 0.162. The van der Waals surface area contributed by atoms with Crippen LogP contribution in [0.5, 0.6) is 0 Å². The summed E-state index contributed by atoms with van der Waals surface area (Å²) in [6.45, 7) is 7.43. The lowest BCUT2D eigenvalue weighted by molar-refractivity contribution is 0.184. The number of aromatic nitrogens is 1. The highest BCUT2D eigenvalue weighted by Crippen LogP contribution is 2.42. The van der Waals surface area contributed by atoms with Gasteiger partial charge in [0.2, 0.25) is 0 Å². The molecule has 0 amide bonds. The molecule has 0 aliphatic heterocycles. The summed E-state index contributed by atoms with van der Waals surface area (Å²) >= 11 is 1.78. The molecular formula is C13H22N2OS. The number of thiazole rings is 1.